The van der Waals surface area contributed by atoms with Gasteiger partial charge >= 0.3 is 5.97 Å². The van der Waals surface area contributed by atoms with Crippen molar-refractivity contribution in [1.29, 1.82) is 0 Å². The fourth-order valence-electron chi connectivity index (χ4n) is 1.74. The molecule has 106 valence electrons. The van der Waals surface area contributed by atoms with Gasteiger partial charge in [-0.1, -0.05) is 0 Å². The van der Waals surface area contributed by atoms with E-state index in [0.717, 1.165) is 0 Å². The Balaban J connectivity index is 2.11. The van der Waals surface area contributed by atoms with Crippen LogP contribution in [-0.2, 0) is 4.74 Å². The molecule has 0 aromatic carbocycles. The van der Waals surface area contributed by atoms with E-state index in [1.165, 1.54) is 11.8 Å². The van der Waals surface area contributed by atoms with Gasteiger partial charge in [-0.25, -0.2) is 14.8 Å². The average Bonchev–Trinajstić information content (AvgIpc) is 2.93. The van der Waals surface area contributed by atoms with Crippen molar-refractivity contribution >= 4 is 23.3 Å². The van der Waals surface area contributed by atoms with E-state index in [4.69, 9.17) is 4.74 Å². The molecule has 0 bridgehead atoms. The Labute approximate surface area is 122 Å². The highest BCUT2D eigenvalue weighted by atomic mass is 32.1. The highest BCUT2D eigenvalue weighted by Crippen LogP contribution is 2.19. The normalized spacial score (nSPS) is 11.9. The second-order valence-electron chi connectivity index (χ2n) is 4.34. The molecule has 1 unspecified atom stereocenters. The molecule has 20 heavy (non-hydrogen) atoms. The molecule has 1 N–H and O–H groups in total. The Morgan fingerprint density at radius 3 is 2.95 bits per heavy atom. The summed E-state index contributed by atoms with van der Waals surface area (Å²) in [6, 6.07) is 2.18. The molecular formula is C14H17N3O2S. The molecule has 0 radical (unpaired) electrons. The molecule has 0 aliphatic rings. The van der Waals surface area contributed by atoms with E-state index in [0.29, 0.717) is 23.8 Å². The van der Waals surface area contributed by atoms with Gasteiger partial charge in [0, 0.05) is 6.20 Å². The number of carbonyl (C=O) groups is 1. The van der Waals surface area contributed by atoms with E-state index in [1.54, 1.807) is 25.2 Å². The number of anilines is 1. The lowest BCUT2D eigenvalue weighted by atomic mass is 10.2. The van der Waals surface area contributed by atoms with E-state index < -0.39 is 0 Å². The van der Waals surface area contributed by atoms with Crippen molar-refractivity contribution in [2.24, 2.45) is 0 Å². The topological polar surface area (TPSA) is 64.1 Å². The van der Waals surface area contributed by atoms with Gasteiger partial charge in [0.15, 0.2) is 0 Å². The van der Waals surface area contributed by atoms with Crippen LogP contribution in [0.4, 0.5) is 5.95 Å². The number of rotatable bonds is 5. The zero-order valence-electron chi connectivity index (χ0n) is 11.7. The van der Waals surface area contributed by atoms with Crippen LogP contribution in [0.1, 0.15) is 41.5 Å². The zero-order valence-corrected chi connectivity index (χ0v) is 12.5. The fourth-order valence-corrected chi connectivity index (χ4v) is 2.50. The van der Waals surface area contributed by atoms with E-state index >= 15 is 0 Å². The van der Waals surface area contributed by atoms with Gasteiger partial charge in [0.25, 0.3) is 0 Å². The highest BCUT2D eigenvalue weighted by Gasteiger charge is 2.14. The van der Waals surface area contributed by atoms with Crippen LogP contribution >= 0.6 is 11.3 Å². The smallest absolute Gasteiger partial charge is 0.341 e. The van der Waals surface area contributed by atoms with Crippen LogP contribution in [0.2, 0.25) is 0 Å². The van der Waals surface area contributed by atoms with Gasteiger partial charge in [-0.05, 0) is 43.2 Å². The number of ether oxygens (including phenoxy) is 1. The Kier molecular flexibility index (Phi) is 4.68. The first kappa shape index (κ1) is 14.5. The molecule has 5 nitrogen and oxygen atoms in total. The maximum absolute atomic E-state index is 11.7. The van der Waals surface area contributed by atoms with Gasteiger partial charge in [0.05, 0.1) is 23.9 Å². The molecule has 0 aliphatic carbocycles. The predicted molar refractivity (Wildman–Crippen MR) is 79.1 cm³/mol. The minimum absolute atomic E-state index is 0.120. The van der Waals surface area contributed by atoms with Crippen LogP contribution in [0.5, 0.6) is 0 Å². The minimum Gasteiger partial charge on any atom is -0.462 e. The SMILES string of the molecule is CCOC(=O)c1cnc(NC(C)c2ccsc2)nc1C. The standard InChI is InChI=1S/C14H17N3O2S/c1-4-19-13(18)12-7-15-14(17-10(12)3)16-9(2)11-5-6-20-8-11/h5-9H,4H2,1-3H3,(H,15,16,17). The molecular weight excluding hydrogens is 274 g/mol. The summed E-state index contributed by atoms with van der Waals surface area (Å²) in [5.41, 5.74) is 2.20. The molecule has 0 spiro atoms. The Bertz CT molecular complexity index is 584. The molecule has 0 fully saturated rings. The fraction of sp³-hybridized carbons (Fsp3) is 0.357. The lowest BCUT2D eigenvalue weighted by molar-refractivity contribution is 0.0524. The summed E-state index contributed by atoms with van der Waals surface area (Å²) in [4.78, 5) is 20.1. The number of nitrogens with zero attached hydrogens (tertiary/aromatic N) is 2. The number of esters is 1. The van der Waals surface area contributed by atoms with Crippen LogP contribution in [0.25, 0.3) is 0 Å². The highest BCUT2D eigenvalue weighted by molar-refractivity contribution is 7.07. The number of hydrogen-bond acceptors (Lipinski definition) is 6. The third-order valence-corrected chi connectivity index (χ3v) is 3.56. The Morgan fingerprint density at radius 2 is 2.35 bits per heavy atom. The molecule has 0 saturated carbocycles. The van der Waals surface area contributed by atoms with Crippen molar-refractivity contribution in [3.63, 3.8) is 0 Å². The van der Waals surface area contributed by atoms with Crippen LogP contribution in [-0.4, -0.2) is 22.5 Å². The largest absolute Gasteiger partial charge is 0.462 e. The quantitative estimate of drug-likeness (QED) is 0.857. The van der Waals surface area contributed by atoms with Gasteiger partial charge in [-0.15, -0.1) is 0 Å². The third-order valence-electron chi connectivity index (χ3n) is 2.86. The first-order chi connectivity index (χ1) is 9.61. The van der Waals surface area contributed by atoms with Gasteiger partial charge in [0.2, 0.25) is 5.95 Å². The van der Waals surface area contributed by atoms with E-state index in [2.05, 4.69) is 26.7 Å². The molecule has 0 aliphatic heterocycles. The zero-order chi connectivity index (χ0) is 14.5. The van der Waals surface area contributed by atoms with Crippen LogP contribution in [0.15, 0.2) is 23.0 Å². The summed E-state index contributed by atoms with van der Waals surface area (Å²) in [6.45, 7) is 5.92. The summed E-state index contributed by atoms with van der Waals surface area (Å²) in [7, 11) is 0. The molecule has 0 saturated heterocycles. The van der Waals surface area contributed by atoms with E-state index in [9.17, 15) is 4.79 Å². The molecule has 2 rings (SSSR count). The Hall–Kier alpha value is -1.95. The van der Waals surface area contributed by atoms with Crippen molar-refractivity contribution in [3.8, 4) is 0 Å². The van der Waals surface area contributed by atoms with E-state index in [-0.39, 0.29) is 12.0 Å². The van der Waals surface area contributed by atoms with Crippen molar-refractivity contribution in [2.45, 2.75) is 26.8 Å². The molecule has 2 heterocycles. The molecule has 1 atom stereocenters. The van der Waals surface area contributed by atoms with Crippen molar-refractivity contribution in [3.05, 3.63) is 39.8 Å². The first-order valence-electron chi connectivity index (χ1n) is 6.41. The maximum Gasteiger partial charge on any atom is 0.341 e. The number of aromatic nitrogens is 2. The molecule has 2 aromatic heterocycles. The third kappa shape index (κ3) is 3.33. The lowest BCUT2D eigenvalue weighted by Crippen LogP contribution is -2.13. The van der Waals surface area contributed by atoms with Crippen molar-refractivity contribution in [1.82, 2.24) is 9.97 Å². The summed E-state index contributed by atoms with van der Waals surface area (Å²) in [5, 5.41) is 7.33. The first-order valence-corrected chi connectivity index (χ1v) is 7.35. The minimum atomic E-state index is -0.387. The average molecular weight is 291 g/mol. The number of hydrogen-bond donors (Lipinski definition) is 1. The molecule has 0 amide bonds. The number of carbonyl (C=O) groups excluding carboxylic acids is 1. The van der Waals surface area contributed by atoms with Gasteiger partial charge in [0.1, 0.15) is 0 Å². The Morgan fingerprint density at radius 1 is 1.55 bits per heavy atom. The van der Waals surface area contributed by atoms with Gasteiger partial charge < -0.3 is 10.1 Å². The molecule has 6 heteroatoms. The summed E-state index contributed by atoms with van der Waals surface area (Å²) < 4.78 is 4.95. The summed E-state index contributed by atoms with van der Waals surface area (Å²) >= 11 is 1.65. The number of nitrogens with one attached hydrogen (secondary N) is 1. The van der Waals surface area contributed by atoms with Gasteiger partial charge in [-0.3, -0.25) is 0 Å². The summed E-state index contributed by atoms with van der Waals surface area (Å²) in [6.07, 6.45) is 1.50. The second-order valence-corrected chi connectivity index (χ2v) is 5.12. The number of aryl methyl sites for hydroxylation is 1. The lowest BCUT2D eigenvalue weighted by Gasteiger charge is -2.13. The summed E-state index contributed by atoms with van der Waals surface area (Å²) in [5.74, 6) is 0.122. The van der Waals surface area contributed by atoms with Crippen LogP contribution < -0.4 is 5.32 Å². The number of thiophene rings is 1. The van der Waals surface area contributed by atoms with E-state index in [1.807, 2.05) is 12.3 Å². The predicted octanol–water partition coefficient (Wildman–Crippen LogP) is 3.20. The van der Waals surface area contributed by atoms with Crippen molar-refractivity contribution in [2.75, 3.05) is 11.9 Å². The van der Waals surface area contributed by atoms with Crippen molar-refractivity contribution < 1.29 is 9.53 Å². The van der Waals surface area contributed by atoms with Crippen LogP contribution in [0, 0.1) is 6.92 Å². The van der Waals surface area contributed by atoms with Crippen LogP contribution in [0.3, 0.4) is 0 Å². The monoisotopic (exact) mass is 291 g/mol. The second kappa shape index (κ2) is 6.47. The van der Waals surface area contributed by atoms with Gasteiger partial charge in [-0.2, -0.15) is 11.3 Å². The molecule has 2 aromatic rings. The maximum atomic E-state index is 11.7.